The van der Waals surface area contributed by atoms with Gasteiger partial charge in [0.1, 0.15) is 12.4 Å². The first-order chi connectivity index (χ1) is 13.1. The minimum Gasteiger partial charge on any atom is -0.508 e. The fourth-order valence-corrected chi connectivity index (χ4v) is 3.01. The maximum Gasteiger partial charge on any atom is 0.180 e. The Labute approximate surface area is 164 Å². The molecule has 0 aliphatic heterocycles. The van der Waals surface area contributed by atoms with E-state index >= 15 is 0 Å². The number of rotatable bonds is 7. The van der Waals surface area contributed by atoms with Gasteiger partial charge in [0.2, 0.25) is 0 Å². The molecule has 0 aliphatic rings. The number of ether oxygens (including phenoxy) is 2. The van der Waals surface area contributed by atoms with Crippen molar-refractivity contribution in [3.63, 3.8) is 0 Å². The van der Waals surface area contributed by atoms with Crippen molar-refractivity contribution in [3.05, 3.63) is 82.4 Å². The molecule has 27 heavy (non-hydrogen) atoms. The molecule has 0 unspecified atom stereocenters. The van der Waals surface area contributed by atoms with Crippen LogP contribution in [0.2, 0.25) is 5.02 Å². The van der Waals surface area contributed by atoms with Crippen molar-refractivity contribution in [3.8, 4) is 17.2 Å². The average molecular weight is 384 g/mol. The van der Waals surface area contributed by atoms with Gasteiger partial charge >= 0.3 is 0 Å². The van der Waals surface area contributed by atoms with E-state index in [4.69, 9.17) is 21.1 Å². The quantitative estimate of drug-likeness (QED) is 0.525. The number of methoxy groups -OCH3 is 1. The number of aromatic hydroxyl groups is 1. The highest BCUT2D eigenvalue weighted by Crippen LogP contribution is 2.37. The lowest BCUT2D eigenvalue weighted by molar-refractivity contribution is 0.284. The van der Waals surface area contributed by atoms with Crippen molar-refractivity contribution < 1.29 is 14.6 Å². The largest absolute Gasteiger partial charge is 0.508 e. The predicted molar refractivity (Wildman–Crippen MR) is 109 cm³/mol. The van der Waals surface area contributed by atoms with Crippen molar-refractivity contribution in [1.29, 1.82) is 0 Å². The molecule has 0 saturated heterocycles. The molecule has 3 aromatic rings. The van der Waals surface area contributed by atoms with Crippen LogP contribution in [0, 0.1) is 6.92 Å². The van der Waals surface area contributed by atoms with E-state index in [2.05, 4.69) is 18.3 Å². The fourth-order valence-electron chi connectivity index (χ4n) is 2.72. The number of benzene rings is 3. The molecular weight excluding hydrogens is 362 g/mol. The van der Waals surface area contributed by atoms with Gasteiger partial charge in [0.05, 0.1) is 12.1 Å². The van der Waals surface area contributed by atoms with Crippen LogP contribution in [-0.4, -0.2) is 12.2 Å². The van der Waals surface area contributed by atoms with E-state index < -0.39 is 0 Å². The third-order valence-corrected chi connectivity index (χ3v) is 4.57. The van der Waals surface area contributed by atoms with E-state index in [0.717, 1.165) is 16.8 Å². The second-order valence-corrected chi connectivity index (χ2v) is 6.63. The molecule has 0 radical (unpaired) electrons. The Kier molecular flexibility index (Phi) is 6.09. The summed E-state index contributed by atoms with van der Waals surface area (Å²) in [5, 5.41) is 13.1. The van der Waals surface area contributed by atoms with Gasteiger partial charge in [-0.25, -0.2) is 0 Å². The first-order valence-corrected chi connectivity index (χ1v) is 9.01. The van der Waals surface area contributed by atoms with Gasteiger partial charge in [-0.15, -0.1) is 0 Å². The van der Waals surface area contributed by atoms with E-state index in [0.29, 0.717) is 29.7 Å². The lowest BCUT2D eigenvalue weighted by atomic mass is 10.1. The molecule has 0 saturated carbocycles. The van der Waals surface area contributed by atoms with Crippen molar-refractivity contribution in [2.75, 3.05) is 12.4 Å². The molecule has 0 aromatic heterocycles. The summed E-state index contributed by atoms with van der Waals surface area (Å²) in [5.74, 6) is 1.37. The van der Waals surface area contributed by atoms with E-state index in [1.54, 1.807) is 19.2 Å². The van der Waals surface area contributed by atoms with Gasteiger partial charge < -0.3 is 19.9 Å². The van der Waals surface area contributed by atoms with Gasteiger partial charge in [-0.2, -0.15) is 0 Å². The van der Waals surface area contributed by atoms with Crippen LogP contribution in [0.4, 0.5) is 5.69 Å². The Morgan fingerprint density at radius 3 is 2.48 bits per heavy atom. The molecule has 0 spiro atoms. The zero-order valence-corrected chi connectivity index (χ0v) is 16.1. The third kappa shape index (κ3) is 4.86. The highest BCUT2D eigenvalue weighted by molar-refractivity contribution is 6.32. The van der Waals surface area contributed by atoms with Crippen LogP contribution < -0.4 is 14.8 Å². The molecule has 0 heterocycles. The van der Waals surface area contributed by atoms with Crippen LogP contribution in [-0.2, 0) is 13.2 Å². The Bertz CT molecular complexity index is 910. The number of hydrogen-bond donors (Lipinski definition) is 2. The number of hydrogen-bond acceptors (Lipinski definition) is 4. The van der Waals surface area contributed by atoms with Gasteiger partial charge in [-0.1, -0.05) is 35.9 Å². The van der Waals surface area contributed by atoms with E-state index in [1.807, 2.05) is 42.5 Å². The number of phenols is 1. The van der Waals surface area contributed by atoms with Crippen molar-refractivity contribution in [2.24, 2.45) is 0 Å². The minimum atomic E-state index is 0.236. The second-order valence-electron chi connectivity index (χ2n) is 6.22. The first kappa shape index (κ1) is 18.9. The van der Waals surface area contributed by atoms with Crippen LogP contribution in [0.5, 0.6) is 17.2 Å². The summed E-state index contributed by atoms with van der Waals surface area (Å²) in [6.07, 6.45) is 0. The molecular formula is C22H22ClNO3. The number of phenolic OH excluding ortho intramolecular Hbond substituents is 1. The van der Waals surface area contributed by atoms with Crippen LogP contribution in [0.25, 0.3) is 0 Å². The molecule has 0 aliphatic carbocycles. The van der Waals surface area contributed by atoms with E-state index in [1.165, 1.54) is 5.56 Å². The summed E-state index contributed by atoms with van der Waals surface area (Å²) in [7, 11) is 1.60. The summed E-state index contributed by atoms with van der Waals surface area (Å²) < 4.78 is 11.4. The summed E-state index contributed by atoms with van der Waals surface area (Å²) >= 11 is 6.46. The van der Waals surface area contributed by atoms with Gasteiger partial charge in [-0.3, -0.25) is 0 Å². The fraction of sp³-hybridized carbons (Fsp3) is 0.182. The zero-order chi connectivity index (χ0) is 19.2. The zero-order valence-electron chi connectivity index (χ0n) is 15.3. The molecule has 3 rings (SSSR count). The van der Waals surface area contributed by atoms with Crippen LogP contribution in [0.3, 0.4) is 0 Å². The Hall–Kier alpha value is -2.85. The maximum absolute atomic E-state index is 9.35. The summed E-state index contributed by atoms with van der Waals surface area (Å²) in [6, 6.07) is 18.8. The Morgan fingerprint density at radius 1 is 1.04 bits per heavy atom. The molecule has 2 N–H and O–H groups in total. The van der Waals surface area contributed by atoms with Gasteiger partial charge in [-0.05, 0) is 60.0 Å². The highest BCUT2D eigenvalue weighted by Gasteiger charge is 2.13. The molecule has 0 amide bonds. The van der Waals surface area contributed by atoms with Gasteiger partial charge in [0.25, 0.3) is 0 Å². The molecule has 3 aromatic carbocycles. The Morgan fingerprint density at radius 2 is 1.78 bits per heavy atom. The van der Waals surface area contributed by atoms with Crippen molar-refractivity contribution >= 4 is 17.3 Å². The molecule has 0 fully saturated rings. The molecule has 140 valence electrons. The SMILES string of the molecule is COc1cc(CNc2ccc(O)cc2)cc(Cl)c1OCc1ccccc1C. The molecule has 0 atom stereocenters. The number of anilines is 1. The number of halogens is 1. The van der Waals surface area contributed by atoms with Gasteiger partial charge in [0, 0.05) is 12.2 Å². The molecule has 4 nitrogen and oxygen atoms in total. The lowest BCUT2D eigenvalue weighted by Crippen LogP contribution is -2.03. The summed E-state index contributed by atoms with van der Waals surface area (Å²) in [5.41, 5.74) is 4.15. The molecule has 5 heteroatoms. The highest BCUT2D eigenvalue weighted by atomic mass is 35.5. The standard InChI is InChI=1S/C22H22ClNO3/c1-15-5-3-4-6-17(15)14-27-22-20(23)11-16(12-21(22)26-2)13-24-18-7-9-19(25)10-8-18/h3-12,24-25H,13-14H2,1-2H3. The molecule has 0 bridgehead atoms. The summed E-state index contributed by atoms with van der Waals surface area (Å²) in [6.45, 7) is 3.04. The smallest absolute Gasteiger partial charge is 0.180 e. The maximum atomic E-state index is 9.35. The van der Waals surface area contributed by atoms with E-state index in [-0.39, 0.29) is 5.75 Å². The predicted octanol–water partition coefficient (Wildman–Crippen LogP) is 5.55. The van der Waals surface area contributed by atoms with Crippen molar-refractivity contribution in [1.82, 2.24) is 0 Å². The third-order valence-electron chi connectivity index (χ3n) is 4.29. The topological polar surface area (TPSA) is 50.7 Å². The average Bonchev–Trinajstić information content (AvgIpc) is 2.67. The van der Waals surface area contributed by atoms with Crippen LogP contribution in [0.15, 0.2) is 60.7 Å². The number of nitrogens with one attached hydrogen (secondary N) is 1. The van der Waals surface area contributed by atoms with Crippen LogP contribution >= 0.6 is 11.6 Å². The minimum absolute atomic E-state index is 0.236. The van der Waals surface area contributed by atoms with Crippen LogP contribution in [0.1, 0.15) is 16.7 Å². The lowest BCUT2D eigenvalue weighted by Gasteiger charge is -2.15. The van der Waals surface area contributed by atoms with Gasteiger partial charge in [0.15, 0.2) is 11.5 Å². The van der Waals surface area contributed by atoms with E-state index in [9.17, 15) is 5.11 Å². The number of aryl methyl sites for hydroxylation is 1. The normalized spacial score (nSPS) is 10.5. The first-order valence-electron chi connectivity index (χ1n) is 8.63. The second kappa shape index (κ2) is 8.69. The Balaban J connectivity index is 1.72. The monoisotopic (exact) mass is 383 g/mol. The summed E-state index contributed by atoms with van der Waals surface area (Å²) in [4.78, 5) is 0. The van der Waals surface area contributed by atoms with Crippen molar-refractivity contribution in [2.45, 2.75) is 20.1 Å².